The van der Waals surface area contributed by atoms with Gasteiger partial charge in [-0.1, -0.05) is 121 Å². The molecule has 0 aromatic heterocycles. The van der Waals surface area contributed by atoms with Crippen molar-refractivity contribution in [3.8, 4) is 0 Å². The monoisotopic (exact) mass is 418 g/mol. The van der Waals surface area contributed by atoms with Gasteiger partial charge in [-0.15, -0.1) is 0 Å². The molecule has 1 aromatic carbocycles. The maximum absolute atomic E-state index is 12.4. The van der Waals surface area contributed by atoms with Crippen molar-refractivity contribution in [3.63, 3.8) is 0 Å². The molecule has 1 aliphatic rings. The number of fused-ring (bicyclic) bond motifs is 1. The number of carbonyl (C=O) groups excluding carboxylic acids is 2. The normalized spacial score (nSPS) is 9.93. The molecule has 0 fully saturated rings. The molecule has 0 unspecified atom stereocenters. The summed E-state index contributed by atoms with van der Waals surface area (Å²) < 4.78 is 0. The van der Waals surface area contributed by atoms with Crippen LogP contribution in [0.3, 0.4) is 0 Å². The number of Topliss-reactive ketones (excluding diaryl/α,β-unsaturated/α-hetero) is 2. The minimum absolute atomic E-state index is 0.143. The lowest BCUT2D eigenvalue weighted by atomic mass is 9.80. The second-order valence-corrected chi connectivity index (χ2v) is 4.43. The second kappa shape index (κ2) is 26.8. The van der Waals surface area contributed by atoms with Crippen LogP contribution in [0.5, 0.6) is 0 Å². The van der Waals surface area contributed by atoms with Gasteiger partial charge in [0.15, 0.2) is 11.6 Å². The predicted molar refractivity (Wildman–Crippen MR) is 140 cm³/mol. The molecule has 30 heavy (non-hydrogen) atoms. The molecule has 0 aliphatic heterocycles. The molecule has 0 amide bonds. The van der Waals surface area contributed by atoms with Crippen LogP contribution in [-0.2, 0) is 0 Å². The summed E-state index contributed by atoms with van der Waals surface area (Å²) >= 11 is 0. The number of hydrogen-bond acceptors (Lipinski definition) is 2. The molecular weight excluding hydrogens is 368 g/mol. The molecule has 2 nitrogen and oxygen atoms in total. The largest absolute Gasteiger partial charge is 0.289 e. The van der Waals surface area contributed by atoms with Crippen LogP contribution >= 0.6 is 0 Å². The lowest BCUT2D eigenvalue weighted by Crippen LogP contribution is -2.22. The minimum Gasteiger partial charge on any atom is -0.289 e. The van der Waals surface area contributed by atoms with Crippen LogP contribution in [0.2, 0.25) is 0 Å². The molecule has 0 saturated heterocycles. The van der Waals surface area contributed by atoms with E-state index in [1.165, 1.54) is 6.08 Å². The lowest BCUT2D eigenvalue weighted by Gasteiger charge is -2.20. The first-order valence-corrected chi connectivity index (χ1v) is 11.7. The Bertz CT molecular complexity index is 632. The summed E-state index contributed by atoms with van der Waals surface area (Å²) in [6, 6.07) is 5.30. The zero-order valence-electron chi connectivity index (χ0n) is 22.5. The highest BCUT2D eigenvalue weighted by Gasteiger charge is 2.31. The summed E-state index contributed by atoms with van der Waals surface area (Å²) in [4.78, 5) is 24.8. The van der Waals surface area contributed by atoms with Crippen molar-refractivity contribution in [3.05, 3.63) is 70.8 Å². The first kappa shape index (κ1) is 38.4. The van der Waals surface area contributed by atoms with E-state index < -0.39 is 0 Å². The van der Waals surface area contributed by atoms with Gasteiger partial charge in [0, 0.05) is 22.3 Å². The molecule has 1 aliphatic carbocycles. The Morgan fingerprint density at radius 3 is 1.50 bits per heavy atom. The third-order valence-electron chi connectivity index (χ3n) is 3.12. The summed E-state index contributed by atoms with van der Waals surface area (Å²) in [6.07, 6.45) is 1.44. The SMILES string of the molecule is C=CC1=C(C(=C)C)C(=O)c2cccc(C)c2C1=O.CC.CC.CC.CC.CC.CC. The fourth-order valence-corrected chi connectivity index (χ4v) is 2.28. The van der Waals surface area contributed by atoms with E-state index in [9.17, 15) is 9.59 Å². The summed E-state index contributed by atoms with van der Waals surface area (Å²) in [7, 11) is 0. The summed E-state index contributed by atoms with van der Waals surface area (Å²) in [5.74, 6) is -0.286. The molecule has 2 rings (SSSR count). The number of aryl methyl sites for hydroxylation is 1. The van der Waals surface area contributed by atoms with Gasteiger partial charge in [-0.3, -0.25) is 9.59 Å². The standard InChI is InChI=1S/C16H14O2.6C2H6/c1-5-11-13(9(2)3)16(18)12-8-6-7-10(4)14(12)15(11)17;6*1-2/h5-8H,1-2H2,3-4H3;6*1-2H3. The van der Waals surface area contributed by atoms with E-state index in [1.807, 2.05) is 96.1 Å². The van der Waals surface area contributed by atoms with E-state index >= 15 is 0 Å². The van der Waals surface area contributed by atoms with Crippen molar-refractivity contribution in [1.29, 1.82) is 0 Å². The van der Waals surface area contributed by atoms with Gasteiger partial charge in [0.05, 0.1) is 0 Å². The molecular formula is C28H50O2. The lowest BCUT2D eigenvalue weighted by molar-refractivity contribution is 0.0979. The molecule has 1 aromatic rings. The van der Waals surface area contributed by atoms with Crippen molar-refractivity contribution in [2.75, 3.05) is 0 Å². The van der Waals surface area contributed by atoms with Crippen molar-refractivity contribution in [1.82, 2.24) is 0 Å². The Labute approximate surface area is 189 Å². The summed E-state index contributed by atoms with van der Waals surface area (Å²) in [6.45, 7) is 35.0. The van der Waals surface area contributed by atoms with Crippen molar-refractivity contribution in [2.24, 2.45) is 0 Å². The highest BCUT2D eigenvalue weighted by molar-refractivity contribution is 6.29. The van der Waals surface area contributed by atoms with Crippen molar-refractivity contribution < 1.29 is 9.59 Å². The van der Waals surface area contributed by atoms with E-state index in [0.29, 0.717) is 27.8 Å². The Balaban J connectivity index is -0.000000150. The predicted octanol–water partition coefficient (Wildman–Crippen LogP) is 9.59. The summed E-state index contributed by atoms with van der Waals surface area (Å²) in [5, 5.41) is 0. The first-order chi connectivity index (χ1) is 14.5. The van der Waals surface area contributed by atoms with E-state index in [0.717, 1.165) is 5.56 Å². The number of ketones is 2. The van der Waals surface area contributed by atoms with Crippen LogP contribution < -0.4 is 0 Å². The fraction of sp³-hybridized carbons (Fsp3) is 0.500. The molecule has 0 atom stereocenters. The molecule has 174 valence electrons. The maximum atomic E-state index is 12.4. The molecule has 0 bridgehead atoms. The topological polar surface area (TPSA) is 34.1 Å². The average molecular weight is 419 g/mol. The van der Waals surface area contributed by atoms with E-state index in [2.05, 4.69) is 13.2 Å². The van der Waals surface area contributed by atoms with Crippen LogP contribution in [0.1, 0.15) is 116 Å². The molecule has 0 saturated carbocycles. The minimum atomic E-state index is -0.143. The quantitative estimate of drug-likeness (QED) is 0.479. The molecule has 0 radical (unpaired) electrons. The van der Waals surface area contributed by atoms with E-state index in [4.69, 9.17) is 0 Å². The Hall–Kier alpha value is -2.22. The number of rotatable bonds is 2. The fourth-order valence-electron chi connectivity index (χ4n) is 2.28. The number of benzene rings is 1. The molecule has 0 spiro atoms. The highest BCUT2D eigenvalue weighted by atomic mass is 16.1. The molecule has 0 heterocycles. The van der Waals surface area contributed by atoms with Crippen molar-refractivity contribution in [2.45, 2.75) is 96.9 Å². The van der Waals surface area contributed by atoms with Gasteiger partial charge in [-0.05, 0) is 25.0 Å². The van der Waals surface area contributed by atoms with Crippen LogP contribution in [0.15, 0.2) is 54.2 Å². The van der Waals surface area contributed by atoms with Crippen LogP contribution in [-0.4, -0.2) is 11.6 Å². The van der Waals surface area contributed by atoms with Gasteiger partial charge >= 0.3 is 0 Å². The number of hydrogen-bond donors (Lipinski definition) is 0. The van der Waals surface area contributed by atoms with Crippen LogP contribution in [0, 0.1) is 6.92 Å². The van der Waals surface area contributed by atoms with E-state index in [1.54, 1.807) is 19.1 Å². The smallest absolute Gasteiger partial charge is 0.194 e. The molecule has 2 heteroatoms. The zero-order valence-corrected chi connectivity index (χ0v) is 22.5. The Kier molecular flexibility index (Phi) is 34.3. The summed E-state index contributed by atoms with van der Waals surface area (Å²) in [5.41, 5.74) is 3.09. The van der Waals surface area contributed by atoms with Gasteiger partial charge in [0.2, 0.25) is 0 Å². The maximum Gasteiger partial charge on any atom is 0.194 e. The average Bonchev–Trinajstić information content (AvgIpc) is 2.83. The second-order valence-electron chi connectivity index (χ2n) is 4.43. The number of allylic oxidation sites excluding steroid dienone is 4. The number of carbonyl (C=O) groups is 2. The third kappa shape index (κ3) is 11.1. The molecule has 0 N–H and O–H groups in total. The van der Waals surface area contributed by atoms with Gasteiger partial charge in [0.25, 0.3) is 0 Å². The Morgan fingerprint density at radius 2 is 1.17 bits per heavy atom. The zero-order chi connectivity index (χ0) is 25.4. The van der Waals surface area contributed by atoms with E-state index in [-0.39, 0.29) is 11.6 Å². The van der Waals surface area contributed by atoms with Crippen LogP contribution in [0.4, 0.5) is 0 Å². The third-order valence-corrected chi connectivity index (χ3v) is 3.12. The van der Waals surface area contributed by atoms with Crippen molar-refractivity contribution >= 4 is 11.6 Å². The Morgan fingerprint density at radius 1 is 0.767 bits per heavy atom. The van der Waals surface area contributed by atoms with Gasteiger partial charge < -0.3 is 0 Å². The van der Waals surface area contributed by atoms with Gasteiger partial charge in [-0.25, -0.2) is 0 Å². The highest BCUT2D eigenvalue weighted by Crippen LogP contribution is 2.31. The van der Waals surface area contributed by atoms with Gasteiger partial charge in [0.1, 0.15) is 0 Å². The first-order valence-electron chi connectivity index (χ1n) is 11.7. The van der Waals surface area contributed by atoms with Crippen LogP contribution in [0.25, 0.3) is 0 Å². The van der Waals surface area contributed by atoms with Gasteiger partial charge in [-0.2, -0.15) is 0 Å².